The second kappa shape index (κ2) is 10.2. The fourth-order valence-electron chi connectivity index (χ4n) is 3.20. The zero-order valence-corrected chi connectivity index (χ0v) is 19.5. The molecular weight excluding hydrogens is 463 g/mol. The molecule has 1 unspecified atom stereocenters. The normalized spacial score (nSPS) is 11.8. The van der Waals surface area contributed by atoms with Crippen LogP contribution in [0.4, 0.5) is 0 Å². The summed E-state index contributed by atoms with van der Waals surface area (Å²) in [6, 6.07) is 24.0. The lowest BCUT2D eigenvalue weighted by atomic mass is 10.2. The Morgan fingerprint density at radius 2 is 1.69 bits per heavy atom. The Hall–Kier alpha value is -2.80. The lowest BCUT2D eigenvalue weighted by Gasteiger charge is -2.17. The number of hydrogen-bond donors (Lipinski definition) is 1. The van der Waals surface area contributed by atoms with E-state index in [9.17, 15) is 4.79 Å². The molecular formula is C24H20Cl2N4OS. The highest BCUT2D eigenvalue weighted by atomic mass is 35.5. The van der Waals surface area contributed by atoms with Crippen molar-refractivity contribution in [3.8, 4) is 5.69 Å². The minimum Gasteiger partial charge on any atom is -0.342 e. The summed E-state index contributed by atoms with van der Waals surface area (Å²) < 4.78 is 1.88. The third kappa shape index (κ3) is 5.15. The lowest BCUT2D eigenvalue weighted by molar-refractivity contribution is 0.0938. The van der Waals surface area contributed by atoms with Gasteiger partial charge >= 0.3 is 0 Å². The molecule has 1 amide bonds. The van der Waals surface area contributed by atoms with E-state index in [0.29, 0.717) is 32.3 Å². The van der Waals surface area contributed by atoms with Crippen LogP contribution < -0.4 is 5.32 Å². The molecule has 4 rings (SSSR count). The average Bonchev–Trinajstić information content (AvgIpc) is 3.23. The number of rotatable bonds is 7. The topological polar surface area (TPSA) is 59.8 Å². The zero-order valence-electron chi connectivity index (χ0n) is 17.2. The van der Waals surface area contributed by atoms with Gasteiger partial charge in [0.05, 0.1) is 16.8 Å². The van der Waals surface area contributed by atoms with Crippen LogP contribution >= 0.6 is 35.0 Å². The molecule has 0 saturated carbocycles. The molecule has 0 aliphatic carbocycles. The van der Waals surface area contributed by atoms with Gasteiger partial charge in [-0.05, 0) is 42.8 Å². The maximum absolute atomic E-state index is 12.7. The van der Waals surface area contributed by atoms with Crippen LogP contribution in [0, 0.1) is 0 Å². The molecule has 0 radical (unpaired) electrons. The number of halogens is 2. The van der Waals surface area contributed by atoms with Gasteiger partial charge in [-0.3, -0.25) is 9.36 Å². The first-order valence-corrected chi connectivity index (χ1v) is 11.7. The van der Waals surface area contributed by atoms with Crippen LogP contribution in [-0.4, -0.2) is 20.7 Å². The Kier molecular flexibility index (Phi) is 7.15. The Morgan fingerprint density at radius 1 is 1.00 bits per heavy atom. The molecule has 32 heavy (non-hydrogen) atoms. The van der Waals surface area contributed by atoms with Crippen molar-refractivity contribution < 1.29 is 4.79 Å². The number of carbonyl (C=O) groups is 1. The van der Waals surface area contributed by atoms with Crippen molar-refractivity contribution in [3.05, 3.63) is 106 Å². The van der Waals surface area contributed by atoms with E-state index >= 15 is 0 Å². The number of nitrogens with one attached hydrogen (secondary N) is 1. The highest BCUT2D eigenvalue weighted by molar-refractivity contribution is 7.98. The predicted molar refractivity (Wildman–Crippen MR) is 130 cm³/mol. The zero-order chi connectivity index (χ0) is 22.5. The molecule has 1 heterocycles. The van der Waals surface area contributed by atoms with Gasteiger partial charge in [-0.25, -0.2) is 0 Å². The summed E-state index contributed by atoms with van der Waals surface area (Å²) in [6.07, 6.45) is 0. The maximum atomic E-state index is 12.7. The van der Waals surface area contributed by atoms with Crippen LogP contribution in [0.1, 0.15) is 34.7 Å². The molecule has 5 nitrogen and oxygen atoms in total. The van der Waals surface area contributed by atoms with E-state index in [1.54, 1.807) is 36.0 Å². The van der Waals surface area contributed by atoms with E-state index in [2.05, 4.69) is 27.6 Å². The number of aromatic nitrogens is 3. The molecule has 0 saturated heterocycles. The molecule has 0 spiro atoms. The van der Waals surface area contributed by atoms with Gasteiger partial charge in [0.1, 0.15) is 0 Å². The maximum Gasteiger partial charge on any atom is 0.251 e. The van der Waals surface area contributed by atoms with Gasteiger partial charge in [-0.15, -0.1) is 10.2 Å². The SMILES string of the molecule is CC(NC(=O)c1ccccc1)c1nnc(SCc2ccccc2)n1-c1ccc(Cl)cc1Cl. The number of amides is 1. The van der Waals surface area contributed by atoms with Crippen LogP contribution in [0.3, 0.4) is 0 Å². The monoisotopic (exact) mass is 482 g/mol. The van der Waals surface area contributed by atoms with Crippen LogP contribution in [0.15, 0.2) is 84.0 Å². The summed E-state index contributed by atoms with van der Waals surface area (Å²) in [6.45, 7) is 1.87. The second-order valence-corrected chi connectivity index (χ2v) is 8.89. The van der Waals surface area contributed by atoms with Crippen molar-refractivity contribution in [3.63, 3.8) is 0 Å². The first kappa shape index (κ1) is 22.4. The van der Waals surface area contributed by atoms with E-state index < -0.39 is 6.04 Å². The van der Waals surface area contributed by atoms with Crippen molar-refractivity contribution in [2.75, 3.05) is 0 Å². The third-order valence-corrected chi connectivity index (χ3v) is 6.33. The first-order chi connectivity index (χ1) is 15.5. The fourth-order valence-corrected chi connectivity index (χ4v) is 4.60. The van der Waals surface area contributed by atoms with Crippen LogP contribution in [0.25, 0.3) is 5.69 Å². The Balaban J connectivity index is 1.66. The van der Waals surface area contributed by atoms with Gasteiger partial charge in [-0.2, -0.15) is 0 Å². The van der Waals surface area contributed by atoms with Crippen molar-refractivity contribution in [2.45, 2.75) is 23.9 Å². The smallest absolute Gasteiger partial charge is 0.251 e. The molecule has 0 aliphatic rings. The highest BCUT2D eigenvalue weighted by Crippen LogP contribution is 2.32. The van der Waals surface area contributed by atoms with Crippen molar-refractivity contribution in [2.24, 2.45) is 0 Å². The summed E-state index contributed by atoms with van der Waals surface area (Å²) in [5.41, 5.74) is 2.45. The van der Waals surface area contributed by atoms with E-state index in [1.807, 2.05) is 54.0 Å². The van der Waals surface area contributed by atoms with Crippen molar-refractivity contribution >= 4 is 40.9 Å². The number of thioether (sulfide) groups is 1. The summed E-state index contributed by atoms with van der Waals surface area (Å²) in [7, 11) is 0. The summed E-state index contributed by atoms with van der Waals surface area (Å²) in [5, 5.41) is 13.5. The third-order valence-electron chi connectivity index (χ3n) is 4.79. The Bertz CT molecular complexity index is 1220. The molecule has 0 bridgehead atoms. The Labute approximate surface area is 200 Å². The van der Waals surface area contributed by atoms with Crippen LogP contribution in [-0.2, 0) is 5.75 Å². The number of carbonyl (C=O) groups excluding carboxylic acids is 1. The second-order valence-electron chi connectivity index (χ2n) is 7.11. The number of benzene rings is 3. The molecule has 0 fully saturated rings. The lowest BCUT2D eigenvalue weighted by Crippen LogP contribution is -2.28. The van der Waals surface area contributed by atoms with Gasteiger partial charge in [0.2, 0.25) is 0 Å². The number of nitrogens with zero attached hydrogens (tertiary/aromatic N) is 3. The molecule has 1 N–H and O–H groups in total. The summed E-state index contributed by atoms with van der Waals surface area (Å²) >= 11 is 14.2. The quantitative estimate of drug-likeness (QED) is 0.311. The van der Waals surface area contributed by atoms with Gasteiger partial charge < -0.3 is 5.32 Å². The minimum absolute atomic E-state index is 0.187. The van der Waals surface area contributed by atoms with E-state index in [4.69, 9.17) is 23.2 Å². The highest BCUT2D eigenvalue weighted by Gasteiger charge is 2.23. The Morgan fingerprint density at radius 3 is 2.38 bits per heavy atom. The molecule has 1 aromatic heterocycles. The predicted octanol–water partition coefficient (Wildman–Crippen LogP) is 6.36. The summed E-state index contributed by atoms with van der Waals surface area (Å²) in [5.74, 6) is 1.11. The molecule has 3 aromatic carbocycles. The van der Waals surface area contributed by atoms with Crippen molar-refractivity contribution in [1.82, 2.24) is 20.1 Å². The molecule has 4 aromatic rings. The van der Waals surface area contributed by atoms with E-state index in [-0.39, 0.29) is 5.91 Å². The number of hydrogen-bond acceptors (Lipinski definition) is 4. The van der Waals surface area contributed by atoms with E-state index in [0.717, 1.165) is 5.75 Å². The van der Waals surface area contributed by atoms with E-state index in [1.165, 1.54) is 5.56 Å². The molecule has 8 heteroatoms. The van der Waals surface area contributed by atoms with Gasteiger partial charge in [0.25, 0.3) is 5.91 Å². The largest absolute Gasteiger partial charge is 0.342 e. The molecule has 1 atom stereocenters. The molecule has 0 aliphatic heterocycles. The van der Waals surface area contributed by atoms with Gasteiger partial charge in [0, 0.05) is 16.3 Å². The van der Waals surface area contributed by atoms with Gasteiger partial charge in [0.15, 0.2) is 11.0 Å². The fraction of sp³-hybridized carbons (Fsp3) is 0.125. The van der Waals surface area contributed by atoms with Crippen molar-refractivity contribution in [1.29, 1.82) is 0 Å². The van der Waals surface area contributed by atoms with Crippen LogP contribution in [0.2, 0.25) is 10.0 Å². The molecule has 162 valence electrons. The standard InChI is InChI=1S/C24H20Cl2N4OS/c1-16(27-23(31)18-10-6-3-7-11-18)22-28-29-24(32-15-17-8-4-2-5-9-17)30(22)21-13-12-19(25)14-20(21)26/h2-14,16H,15H2,1H3,(H,27,31). The first-order valence-electron chi connectivity index (χ1n) is 9.96. The average molecular weight is 483 g/mol. The van der Waals surface area contributed by atoms with Gasteiger partial charge in [-0.1, -0.05) is 83.5 Å². The van der Waals surface area contributed by atoms with Crippen LogP contribution in [0.5, 0.6) is 0 Å². The summed E-state index contributed by atoms with van der Waals surface area (Å²) in [4.78, 5) is 12.7. The minimum atomic E-state index is -0.409.